The average Bonchev–Trinajstić information content (AvgIpc) is 3.96. The van der Waals surface area contributed by atoms with Crippen molar-refractivity contribution in [3.8, 4) is 51.1 Å². The van der Waals surface area contributed by atoms with E-state index in [1.807, 2.05) is 66.7 Å². The zero-order valence-corrected chi connectivity index (χ0v) is 30.3. The molecule has 12 rings (SSSR count). The molecule has 0 amide bonds. The highest BCUT2D eigenvalue weighted by atomic mass is 16.3. The molecule has 0 spiro atoms. The summed E-state index contributed by atoms with van der Waals surface area (Å²) in [6.45, 7) is 0. The molecule has 7 nitrogen and oxygen atoms in total. The van der Waals surface area contributed by atoms with E-state index in [-0.39, 0.29) is 0 Å². The number of hydrogen-bond donors (Lipinski definition) is 0. The molecular weight excluding hydrogens is 703 g/mol. The molecule has 266 valence electrons. The van der Waals surface area contributed by atoms with E-state index in [9.17, 15) is 0 Å². The van der Waals surface area contributed by atoms with Crippen LogP contribution in [0.4, 0.5) is 0 Å². The first-order chi connectivity index (χ1) is 28.2. The van der Waals surface area contributed by atoms with Crippen LogP contribution in [0.3, 0.4) is 0 Å². The van der Waals surface area contributed by atoms with Crippen molar-refractivity contribution >= 4 is 65.7 Å². The summed E-state index contributed by atoms with van der Waals surface area (Å²) in [5.74, 6) is 1.53. The Balaban J connectivity index is 0.985. The van der Waals surface area contributed by atoms with Gasteiger partial charge in [-0.25, -0.2) is 15.0 Å². The highest BCUT2D eigenvalue weighted by Crippen LogP contribution is 2.39. The number of pyridine rings is 1. The van der Waals surface area contributed by atoms with Crippen LogP contribution < -0.4 is 0 Å². The fraction of sp³-hybridized carbons (Fsp3) is 0. The number of hydrogen-bond acceptors (Lipinski definition) is 6. The number of rotatable bonds is 5. The normalized spacial score (nSPS) is 11.9. The average molecular weight is 732 g/mol. The van der Waals surface area contributed by atoms with Crippen molar-refractivity contribution in [3.05, 3.63) is 176 Å². The van der Waals surface area contributed by atoms with Gasteiger partial charge in [0.2, 0.25) is 0 Å². The van der Waals surface area contributed by atoms with Gasteiger partial charge < -0.3 is 13.4 Å². The van der Waals surface area contributed by atoms with Crippen molar-refractivity contribution in [1.29, 1.82) is 0 Å². The molecule has 0 bridgehead atoms. The monoisotopic (exact) mass is 731 g/mol. The summed E-state index contributed by atoms with van der Waals surface area (Å²) >= 11 is 0. The molecule has 5 heterocycles. The molecule has 7 aromatic carbocycles. The van der Waals surface area contributed by atoms with Gasteiger partial charge in [-0.3, -0.25) is 4.98 Å². The summed E-state index contributed by atoms with van der Waals surface area (Å²) in [4.78, 5) is 20.2. The van der Waals surface area contributed by atoms with Crippen LogP contribution in [0.5, 0.6) is 0 Å². The van der Waals surface area contributed by atoms with E-state index < -0.39 is 0 Å². The van der Waals surface area contributed by atoms with Crippen molar-refractivity contribution in [1.82, 2.24) is 24.5 Å². The van der Waals surface area contributed by atoms with Crippen LogP contribution in [-0.4, -0.2) is 24.5 Å². The Morgan fingerprint density at radius 2 is 0.877 bits per heavy atom. The zero-order valence-electron chi connectivity index (χ0n) is 30.3. The molecule has 12 aromatic rings. The van der Waals surface area contributed by atoms with E-state index in [4.69, 9.17) is 28.8 Å². The Morgan fingerprint density at radius 1 is 0.368 bits per heavy atom. The summed E-state index contributed by atoms with van der Waals surface area (Å²) in [7, 11) is 0. The van der Waals surface area contributed by atoms with Crippen LogP contribution in [0.1, 0.15) is 0 Å². The van der Waals surface area contributed by atoms with Gasteiger partial charge in [0.15, 0.2) is 17.5 Å². The lowest BCUT2D eigenvalue weighted by atomic mass is 10.0. The van der Waals surface area contributed by atoms with Gasteiger partial charge in [-0.1, -0.05) is 121 Å². The number of aromatic nitrogens is 5. The lowest BCUT2D eigenvalue weighted by molar-refractivity contribution is 0.668. The third-order valence-corrected chi connectivity index (χ3v) is 11.0. The first kappa shape index (κ1) is 31.5. The molecule has 0 aliphatic carbocycles. The molecule has 0 saturated heterocycles. The van der Waals surface area contributed by atoms with E-state index in [0.29, 0.717) is 23.2 Å². The Labute approximate surface area is 325 Å². The van der Waals surface area contributed by atoms with Crippen molar-refractivity contribution in [2.24, 2.45) is 0 Å². The van der Waals surface area contributed by atoms with E-state index in [2.05, 4.69) is 108 Å². The number of nitrogens with zero attached hydrogens (tertiary/aromatic N) is 5. The van der Waals surface area contributed by atoms with Crippen LogP contribution >= 0.6 is 0 Å². The quantitative estimate of drug-likeness (QED) is 0.175. The SMILES string of the molecule is c1ccc2c(c1)oc1cccc(-c3nc(-c4ccc(-c5ccc(-n6c7ccccc7c7ccccc76)cc5)cc4)nc(-c4nccc5oc6ccccc6c45)n3)c12. The number of benzene rings is 7. The van der Waals surface area contributed by atoms with Crippen molar-refractivity contribution in [2.45, 2.75) is 0 Å². The van der Waals surface area contributed by atoms with E-state index in [0.717, 1.165) is 71.8 Å². The van der Waals surface area contributed by atoms with Crippen molar-refractivity contribution < 1.29 is 8.83 Å². The van der Waals surface area contributed by atoms with Crippen LogP contribution in [0.2, 0.25) is 0 Å². The summed E-state index contributed by atoms with van der Waals surface area (Å²) in [6, 6.07) is 58.3. The highest BCUT2D eigenvalue weighted by Gasteiger charge is 2.21. The smallest absolute Gasteiger partial charge is 0.183 e. The fourth-order valence-corrected chi connectivity index (χ4v) is 8.35. The molecule has 0 N–H and O–H groups in total. The van der Waals surface area contributed by atoms with E-state index in [1.165, 1.54) is 21.8 Å². The summed E-state index contributed by atoms with van der Waals surface area (Å²) < 4.78 is 14.8. The van der Waals surface area contributed by atoms with Crippen LogP contribution in [0.15, 0.2) is 185 Å². The number of fused-ring (bicyclic) bond motifs is 9. The second kappa shape index (κ2) is 12.3. The first-order valence-electron chi connectivity index (χ1n) is 18.9. The lowest BCUT2D eigenvalue weighted by Gasteiger charge is -2.11. The molecule has 0 atom stereocenters. The molecule has 7 heteroatoms. The second-order valence-corrected chi connectivity index (χ2v) is 14.2. The minimum atomic E-state index is 0.460. The van der Waals surface area contributed by atoms with E-state index in [1.54, 1.807) is 6.20 Å². The molecule has 0 aliphatic heterocycles. The molecule has 0 radical (unpaired) electrons. The van der Waals surface area contributed by atoms with Gasteiger partial charge in [0.1, 0.15) is 28.0 Å². The highest BCUT2D eigenvalue weighted by molar-refractivity contribution is 6.13. The minimum Gasteiger partial charge on any atom is -0.456 e. The summed E-state index contributed by atoms with van der Waals surface area (Å²) in [5, 5.41) is 6.27. The van der Waals surface area contributed by atoms with Gasteiger partial charge in [0.05, 0.1) is 16.4 Å². The van der Waals surface area contributed by atoms with Crippen molar-refractivity contribution in [3.63, 3.8) is 0 Å². The Bertz CT molecular complexity index is 3340. The van der Waals surface area contributed by atoms with Crippen molar-refractivity contribution in [2.75, 3.05) is 0 Å². The molecule has 5 aromatic heterocycles. The van der Waals surface area contributed by atoms with Crippen LogP contribution in [0, 0.1) is 0 Å². The maximum atomic E-state index is 6.26. The molecule has 0 fully saturated rings. The third-order valence-electron chi connectivity index (χ3n) is 11.0. The summed E-state index contributed by atoms with van der Waals surface area (Å²) in [5.41, 5.74) is 11.1. The predicted molar refractivity (Wildman–Crippen MR) is 228 cm³/mol. The maximum Gasteiger partial charge on any atom is 0.183 e. The first-order valence-corrected chi connectivity index (χ1v) is 18.9. The lowest BCUT2D eigenvalue weighted by Crippen LogP contribution is -2.01. The molecule has 57 heavy (non-hydrogen) atoms. The molecular formula is C50H29N5O2. The number of furan rings is 2. The molecule has 0 saturated carbocycles. The fourth-order valence-electron chi connectivity index (χ4n) is 8.35. The summed E-state index contributed by atoms with van der Waals surface area (Å²) in [6.07, 6.45) is 1.74. The van der Waals surface area contributed by atoms with Crippen LogP contribution in [-0.2, 0) is 0 Å². The predicted octanol–water partition coefficient (Wildman–Crippen LogP) is 12.8. The van der Waals surface area contributed by atoms with Gasteiger partial charge in [0.25, 0.3) is 0 Å². The number of para-hydroxylation sites is 4. The second-order valence-electron chi connectivity index (χ2n) is 14.2. The zero-order chi connectivity index (χ0) is 37.5. The topological polar surface area (TPSA) is 82.8 Å². The third kappa shape index (κ3) is 4.92. The van der Waals surface area contributed by atoms with Gasteiger partial charge in [0, 0.05) is 49.9 Å². The van der Waals surface area contributed by atoms with E-state index >= 15 is 0 Å². The minimum absolute atomic E-state index is 0.460. The Hall–Kier alpha value is -7.90. The molecule has 0 aliphatic rings. The Morgan fingerprint density at radius 3 is 1.56 bits per heavy atom. The van der Waals surface area contributed by atoms with Crippen LogP contribution in [0.25, 0.3) is 117 Å². The van der Waals surface area contributed by atoms with Gasteiger partial charge >= 0.3 is 0 Å². The maximum absolute atomic E-state index is 6.26. The molecule has 0 unspecified atom stereocenters. The van der Waals surface area contributed by atoms with Gasteiger partial charge in [-0.2, -0.15) is 0 Å². The standard InChI is InChI=1S/C50H29N5O2/c1-5-15-39-34(10-1)35-11-2-6-16-40(35)55(39)33-26-24-31(25-27-33)30-20-22-32(23-21-30)48-52-49(38-14-9-19-43-45(38)36-12-3-7-17-41(36)56-43)54-50(53-48)47-46-37-13-4-8-18-42(37)57-44(46)28-29-51-47/h1-29H. The largest absolute Gasteiger partial charge is 0.456 e. The van der Waals surface area contributed by atoms with Gasteiger partial charge in [-0.15, -0.1) is 0 Å². The van der Waals surface area contributed by atoms with Gasteiger partial charge in [-0.05, 0) is 59.7 Å². The Kier molecular flexibility index (Phi) is 6.79.